The highest BCUT2D eigenvalue weighted by molar-refractivity contribution is 5.95. The Bertz CT molecular complexity index is 719. The van der Waals surface area contributed by atoms with Crippen LogP contribution in [0.5, 0.6) is 11.5 Å². The number of rotatable bonds is 4. The molecule has 1 heterocycles. The minimum absolute atomic E-state index is 0.349. The summed E-state index contributed by atoms with van der Waals surface area (Å²) in [6, 6.07) is 4.19. The maximum atomic E-state index is 12.7. The lowest BCUT2D eigenvalue weighted by Crippen LogP contribution is -2.46. The number of nitrogens with one attached hydrogen (secondary N) is 2. The maximum absolute atomic E-state index is 12.7. The molecular weight excluding hydrogens is 324 g/mol. The molecule has 2 amide bonds. The molecule has 1 aliphatic heterocycles. The van der Waals surface area contributed by atoms with Gasteiger partial charge in [-0.1, -0.05) is 6.07 Å². The Morgan fingerprint density at radius 3 is 2.32 bits per heavy atom. The van der Waals surface area contributed by atoms with Gasteiger partial charge in [-0.05, 0) is 45.4 Å². The lowest BCUT2D eigenvalue weighted by Gasteiger charge is -2.30. The highest BCUT2D eigenvalue weighted by Gasteiger charge is 2.34. The van der Waals surface area contributed by atoms with E-state index in [0.717, 1.165) is 0 Å². The third-order valence-corrected chi connectivity index (χ3v) is 3.63. The predicted octanol–water partition coefficient (Wildman–Crippen LogP) is 2.67. The van der Waals surface area contributed by atoms with E-state index < -0.39 is 17.6 Å². The smallest absolute Gasteiger partial charge is 0.338 e. The Balaban J connectivity index is 2.47. The van der Waals surface area contributed by atoms with Gasteiger partial charge in [0, 0.05) is 5.70 Å². The summed E-state index contributed by atoms with van der Waals surface area (Å²) in [7, 11) is 3.07. The van der Waals surface area contributed by atoms with Crippen molar-refractivity contribution in [3.05, 3.63) is 35.0 Å². The van der Waals surface area contributed by atoms with Crippen LogP contribution in [0.2, 0.25) is 0 Å². The second-order valence-electron chi connectivity index (χ2n) is 6.69. The van der Waals surface area contributed by atoms with Crippen molar-refractivity contribution in [3.8, 4) is 11.5 Å². The zero-order valence-corrected chi connectivity index (χ0v) is 15.4. The Morgan fingerprint density at radius 1 is 1.12 bits per heavy atom. The first kappa shape index (κ1) is 18.6. The van der Waals surface area contributed by atoms with Crippen LogP contribution in [0.1, 0.15) is 39.3 Å². The molecule has 0 saturated carbocycles. The Labute approximate surface area is 147 Å². The molecule has 0 unspecified atom stereocenters. The van der Waals surface area contributed by atoms with E-state index in [9.17, 15) is 9.59 Å². The monoisotopic (exact) mass is 348 g/mol. The van der Waals surface area contributed by atoms with E-state index in [1.807, 2.05) is 0 Å². The maximum Gasteiger partial charge on any atom is 0.338 e. The zero-order valence-electron chi connectivity index (χ0n) is 15.4. The van der Waals surface area contributed by atoms with Gasteiger partial charge in [0.05, 0.1) is 25.8 Å². The van der Waals surface area contributed by atoms with Crippen molar-refractivity contribution in [2.24, 2.45) is 0 Å². The molecule has 2 rings (SSSR count). The molecule has 1 aromatic rings. The Hall–Kier alpha value is -2.70. The molecule has 1 atom stereocenters. The summed E-state index contributed by atoms with van der Waals surface area (Å²) in [4.78, 5) is 24.6. The molecule has 2 N–H and O–H groups in total. The molecule has 0 saturated heterocycles. The number of ether oxygens (including phenoxy) is 3. The van der Waals surface area contributed by atoms with Crippen molar-refractivity contribution in [2.45, 2.75) is 39.3 Å². The van der Waals surface area contributed by atoms with E-state index in [1.54, 1.807) is 53.0 Å². The summed E-state index contributed by atoms with van der Waals surface area (Å²) in [5.74, 6) is 0.581. The van der Waals surface area contributed by atoms with Crippen LogP contribution in [-0.2, 0) is 9.53 Å². The van der Waals surface area contributed by atoms with Gasteiger partial charge in [0.2, 0.25) is 0 Å². The molecule has 25 heavy (non-hydrogen) atoms. The highest BCUT2D eigenvalue weighted by atomic mass is 16.6. The van der Waals surface area contributed by atoms with Gasteiger partial charge in [0.25, 0.3) is 0 Å². The molecule has 0 fully saturated rings. The molecule has 0 spiro atoms. The summed E-state index contributed by atoms with van der Waals surface area (Å²) in [5, 5.41) is 5.38. The predicted molar refractivity (Wildman–Crippen MR) is 92.5 cm³/mol. The van der Waals surface area contributed by atoms with Gasteiger partial charge in [0.1, 0.15) is 5.60 Å². The van der Waals surface area contributed by atoms with Crippen molar-refractivity contribution < 1.29 is 23.8 Å². The lowest BCUT2D eigenvalue weighted by atomic mass is 9.95. The van der Waals surface area contributed by atoms with Gasteiger partial charge < -0.3 is 24.8 Å². The van der Waals surface area contributed by atoms with E-state index in [-0.39, 0.29) is 6.03 Å². The molecule has 0 radical (unpaired) electrons. The molecule has 136 valence electrons. The molecule has 7 heteroatoms. The van der Waals surface area contributed by atoms with E-state index >= 15 is 0 Å². The number of allylic oxidation sites excluding steroid dienone is 1. The van der Waals surface area contributed by atoms with Crippen molar-refractivity contribution in [2.75, 3.05) is 14.2 Å². The van der Waals surface area contributed by atoms with Gasteiger partial charge in [-0.2, -0.15) is 0 Å². The summed E-state index contributed by atoms with van der Waals surface area (Å²) in [5.41, 5.74) is 0.848. The molecular formula is C18H24N2O5. The number of benzene rings is 1. The highest BCUT2D eigenvalue weighted by Crippen LogP contribution is 2.34. The minimum Gasteiger partial charge on any atom is -0.493 e. The summed E-state index contributed by atoms with van der Waals surface area (Å²) < 4.78 is 16.0. The first-order chi connectivity index (χ1) is 11.7. The van der Waals surface area contributed by atoms with Crippen LogP contribution in [0.3, 0.4) is 0 Å². The number of esters is 1. The fraction of sp³-hybridized carbons (Fsp3) is 0.444. The van der Waals surface area contributed by atoms with Crippen LogP contribution in [-0.4, -0.2) is 31.8 Å². The van der Waals surface area contributed by atoms with Crippen molar-refractivity contribution in [1.29, 1.82) is 0 Å². The fourth-order valence-electron chi connectivity index (χ4n) is 2.58. The SMILES string of the molecule is COc1ccc([C@H]2NC(=O)NC(C)=C2C(=O)OC(C)(C)C)cc1OC. The molecule has 0 bridgehead atoms. The Morgan fingerprint density at radius 2 is 1.76 bits per heavy atom. The van der Waals surface area contributed by atoms with E-state index in [0.29, 0.717) is 28.3 Å². The van der Waals surface area contributed by atoms with Crippen LogP contribution in [0.25, 0.3) is 0 Å². The summed E-state index contributed by atoms with van der Waals surface area (Å²) in [6.07, 6.45) is 0. The molecule has 1 aliphatic rings. The van der Waals surface area contributed by atoms with E-state index in [2.05, 4.69) is 10.6 Å². The molecule has 0 aliphatic carbocycles. The van der Waals surface area contributed by atoms with Gasteiger partial charge in [-0.25, -0.2) is 9.59 Å². The standard InChI is InChI=1S/C18H24N2O5/c1-10-14(16(21)25-18(2,3)4)15(20-17(22)19-10)11-7-8-12(23-5)13(9-11)24-6/h7-9,15H,1-6H3,(H2,19,20,22)/t15-/m1/s1. The third kappa shape index (κ3) is 4.23. The second-order valence-corrected chi connectivity index (χ2v) is 6.69. The average molecular weight is 348 g/mol. The van der Waals surface area contributed by atoms with Crippen LogP contribution in [0.15, 0.2) is 29.5 Å². The number of urea groups is 1. The van der Waals surface area contributed by atoms with Crippen molar-refractivity contribution in [1.82, 2.24) is 10.6 Å². The van der Waals surface area contributed by atoms with Gasteiger partial charge in [-0.3, -0.25) is 0 Å². The van der Waals surface area contributed by atoms with Gasteiger partial charge in [-0.15, -0.1) is 0 Å². The van der Waals surface area contributed by atoms with Crippen LogP contribution >= 0.6 is 0 Å². The average Bonchev–Trinajstić information content (AvgIpc) is 2.51. The van der Waals surface area contributed by atoms with Crippen LogP contribution in [0, 0.1) is 0 Å². The number of carbonyl (C=O) groups excluding carboxylic acids is 2. The number of hydrogen-bond donors (Lipinski definition) is 2. The molecule has 7 nitrogen and oxygen atoms in total. The number of hydrogen-bond acceptors (Lipinski definition) is 5. The number of amides is 2. The van der Waals surface area contributed by atoms with Crippen LogP contribution < -0.4 is 20.1 Å². The summed E-state index contributed by atoms with van der Waals surface area (Å²) in [6.45, 7) is 7.05. The fourth-order valence-corrected chi connectivity index (χ4v) is 2.58. The topological polar surface area (TPSA) is 85.9 Å². The second kappa shape index (κ2) is 7.04. The number of carbonyl (C=O) groups is 2. The number of methoxy groups -OCH3 is 2. The van der Waals surface area contributed by atoms with E-state index in [1.165, 1.54) is 7.11 Å². The van der Waals surface area contributed by atoms with Crippen molar-refractivity contribution >= 4 is 12.0 Å². The summed E-state index contributed by atoms with van der Waals surface area (Å²) >= 11 is 0. The van der Waals surface area contributed by atoms with E-state index in [4.69, 9.17) is 14.2 Å². The first-order valence-electron chi connectivity index (χ1n) is 7.90. The molecule has 0 aromatic heterocycles. The lowest BCUT2D eigenvalue weighted by molar-refractivity contribution is -0.150. The van der Waals surface area contributed by atoms with Crippen molar-refractivity contribution in [3.63, 3.8) is 0 Å². The first-order valence-corrected chi connectivity index (χ1v) is 7.90. The third-order valence-electron chi connectivity index (χ3n) is 3.63. The minimum atomic E-state index is -0.650. The largest absolute Gasteiger partial charge is 0.493 e. The normalized spacial score (nSPS) is 17.5. The van der Waals surface area contributed by atoms with Gasteiger partial charge >= 0.3 is 12.0 Å². The molecule has 1 aromatic carbocycles. The zero-order chi connectivity index (χ0) is 18.8. The van der Waals surface area contributed by atoms with Crippen LogP contribution in [0.4, 0.5) is 4.79 Å². The van der Waals surface area contributed by atoms with Gasteiger partial charge in [0.15, 0.2) is 11.5 Å². The Kier molecular flexibility index (Phi) is 5.25. The quantitative estimate of drug-likeness (QED) is 0.817.